The molecule has 2 aliphatic heterocycles. The molecular weight excluding hydrogens is 428 g/mol. The van der Waals surface area contributed by atoms with Gasteiger partial charge in [-0.25, -0.2) is 0 Å². The van der Waals surface area contributed by atoms with Crippen molar-refractivity contribution in [2.45, 2.75) is 45.7 Å². The molecule has 1 fully saturated rings. The van der Waals surface area contributed by atoms with Crippen LogP contribution in [-0.4, -0.2) is 72.9 Å². The van der Waals surface area contributed by atoms with E-state index in [-0.39, 0.29) is 18.4 Å². The largest absolute Gasteiger partial charge is 0.491 e. The van der Waals surface area contributed by atoms with Gasteiger partial charge < -0.3 is 19.5 Å². The number of aliphatic hydroxyl groups excluding tert-OH is 1. The molecule has 0 radical (unpaired) electrons. The highest BCUT2D eigenvalue weighted by Crippen LogP contribution is 2.26. The summed E-state index contributed by atoms with van der Waals surface area (Å²) in [6.07, 6.45) is 2.61. The zero-order chi connectivity index (χ0) is 23.9. The molecule has 4 rings (SSSR count). The molecule has 2 bridgehead atoms. The Bertz CT molecular complexity index is 961. The maximum Gasteiger partial charge on any atom is 0.253 e. The van der Waals surface area contributed by atoms with E-state index in [1.807, 2.05) is 23.1 Å². The van der Waals surface area contributed by atoms with Gasteiger partial charge in [-0.05, 0) is 67.5 Å². The zero-order valence-electron chi connectivity index (χ0n) is 20.5. The van der Waals surface area contributed by atoms with Gasteiger partial charge in [0.05, 0.1) is 13.2 Å². The molecule has 0 aromatic heterocycles. The molecule has 0 saturated carbocycles. The third-order valence-corrected chi connectivity index (χ3v) is 6.88. The van der Waals surface area contributed by atoms with E-state index in [0.717, 1.165) is 43.8 Å². The third kappa shape index (κ3) is 6.38. The summed E-state index contributed by atoms with van der Waals surface area (Å²) in [4.78, 5) is 17.6. The van der Waals surface area contributed by atoms with Gasteiger partial charge in [-0.2, -0.15) is 0 Å². The normalized spacial score (nSPS) is 20.4. The number of rotatable bonds is 3. The van der Waals surface area contributed by atoms with E-state index < -0.39 is 0 Å². The van der Waals surface area contributed by atoms with Crippen LogP contribution in [0.3, 0.4) is 0 Å². The SMILES string of the molecule is CC(C)N1CCOCCOc2ccc(C(=O)N3CCCC(CO)C3)cc2Cc2cccc(c2)C1. The highest BCUT2D eigenvalue weighted by molar-refractivity contribution is 5.94. The van der Waals surface area contributed by atoms with Gasteiger partial charge in [-0.15, -0.1) is 0 Å². The first-order valence-electron chi connectivity index (χ1n) is 12.6. The summed E-state index contributed by atoms with van der Waals surface area (Å²) >= 11 is 0. The fourth-order valence-corrected chi connectivity index (χ4v) is 4.88. The molecule has 1 unspecified atom stereocenters. The van der Waals surface area contributed by atoms with Gasteiger partial charge in [0.15, 0.2) is 0 Å². The van der Waals surface area contributed by atoms with Crippen LogP contribution in [-0.2, 0) is 17.7 Å². The molecule has 1 atom stereocenters. The minimum absolute atomic E-state index is 0.0324. The summed E-state index contributed by atoms with van der Waals surface area (Å²) < 4.78 is 11.9. The minimum atomic E-state index is 0.0324. The molecule has 1 amide bonds. The Labute approximate surface area is 203 Å². The smallest absolute Gasteiger partial charge is 0.253 e. The predicted molar refractivity (Wildman–Crippen MR) is 133 cm³/mol. The molecule has 2 aliphatic rings. The van der Waals surface area contributed by atoms with Crippen LogP contribution in [0.25, 0.3) is 0 Å². The molecule has 2 aromatic rings. The molecule has 34 heavy (non-hydrogen) atoms. The summed E-state index contributed by atoms with van der Waals surface area (Å²) in [7, 11) is 0. The van der Waals surface area contributed by atoms with Crippen molar-refractivity contribution < 1.29 is 19.4 Å². The second kappa shape index (κ2) is 11.8. The lowest BCUT2D eigenvalue weighted by molar-refractivity contribution is 0.0620. The second-order valence-electron chi connectivity index (χ2n) is 9.79. The number of carbonyl (C=O) groups is 1. The van der Waals surface area contributed by atoms with Crippen molar-refractivity contribution in [1.82, 2.24) is 9.80 Å². The fraction of sp³-hybridized carbons (Fsp3) is 0.536. The molecule has 2 aromatic carbocycles. The van der Waals surface area contributed by atoms with Crippen molar-refractivity contribution >= 4 is 5.91 Å². The lowest BCUT2D eigenvalue weighted by Crippen LogP contribution is -2.41. The highest BCUT2D eigenvalue weighted by atomic mass is 16.5. The summed E-state index contributed by atoms with van der Waals surface area (Å²) in [5, 5.41) is 9.55. The Morgan fingerprint density at radius 2 is 1.94 bits per heavy atom. The van der Waals surface area contributed by atoms with Gasteiger partial charge >= 0.3 is 0 Å². The third-order valence-electron chi connectivity index (χ3n) is 6.88. The summed E-state index contributed by atoms with van der Waals surface area (Å²) in [5.74, 6) is 1.01. The van der Waals surface area contributed by atoms with Crippen molar-refractivity contribution in [3.63, 3.8) is 0 Å². The molecule has 1 saturated heterocycles. The van der Waals surface area contributed by atoms with E-state index in [0.29, 0.717) is 44.4 Å². The van der Waals surface area contributed by atoms with Gasteiger partial charge in [-0.1, -0.05) is 24.3 Å². The van der Waals surface area contributed by atoms with E-state index in [4.69, 9.17) is 9.47 Å². The lowest BCUT2D eigenvalue weighted by atomic mass is 9.97. The number of benzene rings is 2. The molecular formula is C28H38N2O4. The number of aliphatic hydroxyl groups is 1. The van der Waals surface area contributed by atoms with Crippen LogP contribution in [0.2, 0.25) is 0 Å². The van der Waals surface area contributed by atoms with Gasteiger partial charge in [0.2, 0.25) is 0 Å². The lowest BCUT2D eigenvalue weighted by Gasteiger charge is -2.32. The number of carbonyl (C=O) groups excluding carboxylic acids is 1. The van der Waals surface area contributed by atoms with E-state index in [9.17, 15) is 9.90 Å². The monoisotopic (exact) mass is 466 g/mol. The van der Waals surface area contributed by atoms with Crippen LogP contribution in [0.4, 0.5) is 0 Å². The van der Waals surface area contributed by atoms with Crippen molar-refractivity contribution in [3.8, 4) is 5.75 Å². The van der Waals surface area contributed by atoms with Gasteiger partial charge in [-0.3, -0.25) is 9.69 Å². The summed E-state index contributed by atoms with van der Waals surface area (Å²) in [6, 6.07) is 14.9. The van der Waals surface area contributed by atoms with Crippen molar-refractivity contribution in [2.75, 3.05) is 46.1 Å². The molecule has 2 heterocycles. The Morgan fingerprint density at radius 1 is 1.09 bits per heavy atom. The highest BCUT2D eigenvalue weighted by Gasteiger charge is 2.24. The first-order chi connectivity index (χ1) is 16.5. The van der Waals surface area contributed by atoms with E-state index in [2.05, 4.69) is 43.0 Å². The fourth-order valence-electron chi connectivity index (χ4n) is 4.88. The van der Waals surface area contributed by atoms with Crippen molar-refractivity contribution in [3.05, 3.63) is 64.7 Å². The topological polar surface area (TPSA) is 62.2 Å². The number of nitrogens with zero attached hydrogens (tertiary/aromatic N) is 2. The number of likely N-dealkylation sites (tertiary alicyclic amines) is 1. The quantitative estimate of drug-likeness (QED) is 0.747. The number of ether oxygens (including phenoxy) is 2. The number of hydrogen-bond acceptors (Lipinski definition) is 5. The first-order valence-corrected chi connectivity index (χ1v) is 12.6. The Morgan fingerprint density at radius 3 is 2.76 bits per heavy atom. The van der Waals surface area contributed by atoms with Crippen molar-refractivity contribution in [2.24, 2.45) is 5.92 Å². The Balaban J connectivity index is 1.60. The predicted octanol–water partition coefficient (Wildman–Crippen LogP) is 3.74. The van der Waals surface area contributed by atoms with Crippen LogP contribution in [0.15, 0.2) is 42.5 Å². The van der Waals surface area contributed by atoms with Crippen LogP contribution in [0, 0.1) is 5.92 Å². The molecule has 0 spiro atoms. The Kier molecular flexibility index (Phi) is 8.59. The van der Waals surface area contributed by atoms with Crippen LogP contribution in [0.5, 0.6) is 5.75 Å². The number of hydrogen-bond donors (Lipinski definition) is 1. The Hall–Kier alpha value is -2.41. The zero-order valence-corrected chi connectivity index (χ0v) is 20.5. The minimum Gasteiger partial charge on any atom is -0.491 e. The maximum absolute atomic E-state index is 13.3. The van der Waals surface area contributed by atoms with E-state index in [1.54, 1.807) is 0 Å². The summed E-state index contributed by atoms with van der Waals surface area (Å²) in [6.45, 7) is 9.39. The van der Waals surface area contributed by atoms with Gasteiger partial charge in [0.1, 0.15) is 12.4 Å². The van der Waals surface area contributed by atoms with Crippen LogP contribution >= 0.6 is 0 Å². The van der Waals surface area contributed by atoms with Crippen LogP contribution < -0.4 is 4.74 Å². The number of amides is 1. The second-order valence-corrected chi connectivity index (χ2v) is 9.79. The van der Waals surface area contributed by atoms with E-state index >= 15 is 0 Å². The average molecular weight is 467 g/mol. The number of piperidine rings is 1. The van der Waals surface area contributed by atoms with Crippen LogP contribution in [0.1, 0.15) is 53.7 Å². The van der Waals surface area contributed by atoms with Gasteiger partial charge in [0, 0.05) is 50.8 Å². The van der Waals surface area contributed by atoms with Crippen molar-refractivity contribution in [1.29, 1.82) is 0 Å². The summed E-state index contributed by atoms with van der Waals surface area (Å²) in [5.41, 5.74) is 4.18. The van der Waals surface area contributed by atoms with Gasteiger partial charge in [0.25, 0.3) is 5.91 Å². The molecule has 6 heteroatoms. The average Bonchev–Trinajstić information content (AvgIpc) is 2.85. The molecule has 6 nitrogen and oxygen atoms in total. The maximum atomic E-state index is 13.3. The standard InChI is InChI=1S/C28H38N2O4/c1-21(2)29-11-12-33-13-14-34-27-9-8-25(28(32)30-10-4-7-24(19-30)20-31)17-26(27)16-22-5-3-6-23(15-22)18-29/h3,5-6,8-9,15,17,21,24,31H,4,7,10-14,16,18-20H2,1-2H3. The first kappa shape index (κ1) is 24.7. The molecule has 0 aliphatic carbocycles. The molecule has 1 N–H and O–H groups in total. The van der Waals surface area contributed by atoms with E-state index in [1.165, 1.54) is 11.1 Å². The molecule has 184 valence electrons. The number of fused-ring (bicyclic) bond motifs is 3.